The number of ether oxygens (including phenoxy) is 2. The van der Waals surface area contributed by atoms with Gasteiger partial charge in [0.05, 0.1) is 19.8 Å². The molecule has 0 aromatic carbocycles. The first kappa shape index (κ1) is 10.1. The van der Waals surface area contributed by atoms with Gasteiger partial charge in [0.2, 0.25) is 0 Å². The molecule has 82 valence electrons. The van der Waals surface area contributed by atoms with Gasteiger partial charge in [-0.1, -0.05) is 0 Å². The first-order chi connectivity index (χ1) is 7.27. The summed E-state index contributed by atoms with van der Waals surface area (Å²) in [4.78, 5) is 22.3. The minimum absolute atomic E-state index is 0.190. The van der Waals surface area contributed by atoms with Gasteiger partial charge < -0.3 is 9.47 Å². The molecule has 1 aromatic heterocycles. The highest BCUT2D eigenvalue weighted by Gasteiger charge is 2.15. The van der Waals surface area contributed by atoms with E-state index in [1.165, 1.54) is 10.9 Å². The molecule has 1 aliphatic rings. The van der Waals surface area contributed by atoms with Crippen LogP contribution in [0.5, 0.6) is 0 Å². The van der Waals surface area contributed by atoms with Gasteiger partial charge in [-0.25, -0.2) is 5.10 Å². The molecule has 0 atom stereocenters. The van der Waals surface area contributed by atoms with Gasteiger partial charge in [0.1, 0.15) is 6.33 Å². The SMILES string of the molecule is O=c1[nH]ncn(CC2OCCCO2)c1=O. The van der Waals surface area contributed by atoms with Crippen molar-refractivity contribution in [3.8, 4) is 0 Å². The van der Waals surface area contributed by atoms with Crippen LogP contribution in [-0.2, 0) is 16.0 Å². The number of hydrogen-bond acceptors (Lipinski definition) is 5. The Hall–Kier alpha value is -1.47. The number of hydrogen-bond donors (Lipinski definition) is 1. The molecule has 0 spiro atoms. The van der Waals surface area contributed by atoms with Crippen LogP contribution < -0.4 is 11.1 Å². The number of aromatic nitrogens is 3. The van der Waals surface area contributed by atoms with E-state index in [-0.39, 0.29) is 6.54 Å². The average Bonchev–Trinajstić information content (AvgIpc) is 2.26. The van der Waals surface area contributed by atoms with Crippen LogP contribution >= 0.6 is 0 Å². The second kappa shape index (κ2) is 4.37. The van der Waals surface area contributed by atoms with Gasteiger partial charge in [0.15, 0.2) is 6.29 Å². The maximum Gasteiger partial charge on any atom is 0.330 e. The molecule has 15 heavy (non-hydrogen) atoms. The Kier molecular flexibility index (Phi) is 2.93. The summed E-state index contributed by atoms with van der Waals surface area (Å²) in [5, 5.41) is 5.58. The van der Waals surface area contributed by atoms with Crippen LogP contribution in [0.3, 0.4) is 0 Å². The lowest BCUT2D eigenvalue weighted by molar-refractivity contribution is -0.185. The van der Waals surface area contributed by atoms with Crippen molar-refractivity contribution < 1.29 is 9.47 Å². The van der Waals surface area contributed by atoms with Gasteiger partial charge in [-0.05, 0) is 6.42 Å². The maximum absolute atomic E-state index is 11.3. The van der Waals surface area contributed by atoms with Crippen LogP contribution in [0.4, 0.5) is 0 Å². The Labute approximate surface area is 84.6 Å². The van der Waals surface area contributed by atoms with Gasteiger partial charge in [0.25, 0.3) is 0 Å². The highest BCUT2D eigenvalue weighted by atomic mass is 16.7. The molecule has 1 N–H and O–H groups in total. The predicted octanol–water partition coefficient (Wildman–Crippen LogP) is -1.31. The smallest absolute Gasteiger partial charge is 0.330 e. The van der Waals surface area contributed by atoms with E-state index in [2.05, 4.69) is 10.2 Å². The van der Waals surface area contributed by atoms with E-state index in [1.807, 2.05) is 0 Å². The molecule has 1 aromatic rings. The van der Waals surface area contributed by atoms with E-state index in [4.69, 9.17) is 9.47 Å². The summed E-state index contributed by atoms with van der Waals surface area (Å²) in [6.45, 7) is 1.40. The van der Waals surface area contributed by atoms with Crippen LogP contribution in [0, 0.1) is 0 Å². The molecule has 0 unspecified atom stereocenters. The van der Waals surface area contributed by atoms with E-state index in [0.717, 1.165) is 6.42 Å². The van der Waals surface area contributed by atoms with Gasteiger partial charge in [0, 0.05) is 0 Å². The van der Waals surface area contributed by atoms with E-state index in [0.29, 0.717) is 13.2 Å². The highest BCUT2D eigenvalue weighted by molar-refractivity contribution is 4.75. The summed E-state index contributed by atoms with van der Waals surface area (Å²) in [7, 11) is 0. The molecule has 0 amide bonds. The van der Waals surface area contributed by atoms with E-state index >= 15 is 0 Å². The molecule has 1 fully saturated rings. The van der Waals surface area contributed by atoms with Crippen molar-refractivity contribution in [2.75, 3.05) is 13.2 Å². The molecule has 7 heteroatoms. The molecular formula is C8H11N3O4. The van der Waals surface area contributed by atoms with Gasteiger partial charge in [-0.2, -0.15) is 5.10 Å². The second-order valence-electron chi connectivity index (χ2n) is 3.17. The molecule has 1 aliphatic heterocycles. The summed E-state index contributed by atoms with van der Waals surface area (Å²) >= 11 is 0. The number of H-pyrrole nitrogens is 1. The first-order valence-electron chi connectivity index (χ1n) is 4.65. The van der Waals surface area contributed by atoms with Crippen LogP contribution in [0.1, 0.15) is 6.42 Å². The van der Waals surface area contributed by atoms with E-state index < -0.39 is 17.4 Å². The van der Waals surface area contributed by atoms with Gasteiger partial charge in [-0.15, -0.1) is 0 Å². The standard InChI is InChI=1S/C8H11N3O4/c12-7-8(13)11(5-9-10-7)4-6-14-2-1-3-15-6/h5-6H,1-4H2,(H,10,12). The molecule has 1 saturated heterocycles. The Morgan fingerprint density at radius 3 is 2.93 bits per heavy atom. The molecule has 2 rings (SSSR count). The molecule has 0 radical (unpaired) electrons. The lowest BCUT2D eigenvalue weighted by Gasteiger charge is -2.23. The Balaban J connectivity index is 2.13. The van der Waals surface area contributed by atoms with E-state index in [9.17, 15) is 9.59 Å². The fourth-order valence-electron chi connectivity index (χ4n) is 1.32. The largest absolute Gasteiger partial charge is 0.351 e. The van der Waals surface area contributed by atoms with Gasteiger partial charge in [-0.3, -0.25) is 14.2 Å². The lowest BCUT2D eigenvalue weighted by Crippen LogP contribution is -2.40. The summed E-state index contributed by atoms with van der Waals surface area (Å²) < 4.78 is 11.7. The van der Waals surface area contributed by atoms with Crippen molar-refractivity contribution in [1.29, 1.82) is 0 Å². The normalized spacial score (nSPS) is 17.9. The first-order valence-corrected chi connectivity index (χ1v) is 4.65. The maximum atomic E-state index is 11.3. The zero-order chi connectivity index (χ0) is 10.7. The minimum atomic E-state index is -0.742. The van der Waals surface area contributed by atoms with Crippen molar-refractivity contribution in [3.05, 3.63) is 27.0 Å². The van der Waals surface area contributed by atoms with Crippen LogP contribution in [0.15, 0.2) is 15.9 Å². The highest BCUT2D eigenvalue weighted by Crippen LogP contribution is 2.05. The third-order valence-electron chi connectivity index (χ3n) is 2.06. The third-order valence-corrected chi connectivity index (χ3v) is 2.06. The zero-order valence-corrected chi connectivity index (χ0v) is 8.01. The molecule has 2 heterocycles. The Morgan fingerprint density at radius 2 is 2.20 bits per heavy atom. The summed E-state index contributed by atoms with van der Waals surface area (Å²) in [5.41, 5.74) is -1.39. The monoisotopic (exact) mass is 213 g/mol. The molecule has 0 bridgehead atoms. The van der Waals surface area contributed by atoms with Crippen LogP contribution in [-0.4, -0.2) is 34.3 Å². The number of rotatable bonds is 2. The van der Waals surface area contributed by atoms with Gasteiger partial charge >= 0.3 is 11.1 Å². The quantitative estimate of drug-likeness (QED) is 0.617. The number of nitrogens with zero attached hydrogens (tertiary/aromatic N) is 2. The lowest BCUT2D eigenvalue weighted by atomic mass is 10.4. The fraction of sp³-hybridized carbons (Fsp3) is 0.625. The van der Waals surface area contributed by atoms with Crippen molar-refractivity contribution in [2.45, 2.75) is 19.3 Å². The molecule has 0 aliphatic carbocycles. The minimum Gasteiger partial charge on any atom is -0.351 e. The topological polar surface area (TPSA) is 86.2 Å². The van der Waals surface area contributed by atoms with Crippen molar-refractivity contribution in [1.82, 2.24) is 14.8 Å². The summed E-state index contributed by atoms with van der Waals surface area (Å²) in [6, 6.07) is 0. The van der Waals surface area contributed by atoms with E-state index in [1.54, 1.807) is 0 Å². The molecular weight excluding hydrogens is 202 g/mol. The van der Waals surface area contributed by atoms with Crippen LogP contribution in [0.2, 0.25) is 0 Å². The predicted molar refractivity (Wildman–Crippen MR) is 49.4 cm³/mol. The Bertz CT molecular complexity index is 432. The van der Waals surface area contributed by atoms with Crippen molar-refractivity contribution >= 4 is 0 Å². The molecule has 7 nitrogen and oxygen atoms in total. The number of aromatic amines is 1. The zero-order valence-electron chi connectivity index (χ0n) is 8.01. The van der Waals surface area contributed by atoms with Crippen molar-refractivity contribution in [2.24, 2.45) is 0 Å². The summed E-state index contributed by atoms with van der Waals surface area (Å²) in [6.07, 6.45) is 1.63. The summed E-state index contributed by atoms with van der Waals surface area (Å²) in [5.74, 6) is 0. The third kappa shape index (κ3) is 2.31. The number of nitrogens with one attached hydrogen (secondary N) is 1. The Morgan fingerprint density at radius 1 is 1.47 bits per heavy atom. The second-order valence-corrected chi connectivity index (χ2v) is 3.17. The van der Waals surface area contributed by atoms with Crippen LogP contribution in [0.25, 0.3) is 0 Å². The fourth-order valence-corrected chi connectivity index (χ4v) is 1.32. The van der Waals surface area contributed by atoms with Crippen molar-refractivity contribution in [3.63, 3.8) is 0 Å². The average molecular weight is 213 g/mol. The molecule has 0 saturated carbocycles.